The van der Waals surface area contributed by atoms with Gasteiger partial charge >= 0.3 is 17.9 Å². The normalized spacial score (nSPS) is 12.8. The van der Waals surface area contributed by atoms with Crippen LogP contribution in [-0.2, 0) is 28.6 Å². The molecule has 0 heterocycles. The SMILES string of the molecule is CC/C=C\C/C=C\C/C=C\C/C=C\CCC(=O)OC(COC(=O)CCCCCCC/C=C\CCC)COC(=O)CCCCCCCCCCCCCC/C=C\C/C=C\C/C=C\CCCCCCC. The van der Waals surface area contributed by atoms with E-state index in [4.69, 9.17) is 14.2 Å². The summed E-state index contributed by atoms with van der Waals surface area (Å²) in [4.78, 5) is 37.9. The molecule has 0 aliphatic rings. The molecule has 1 unspecified atom stereocenters. The second-order valence-corrected chi connectivity index (χ2v) is 18.5. The highest BCUT2D eigenvalue weighted by Gasteiger charge is 2.19. The molecule has 6 heteroatoms. The highest BCUT2D eigenvalue weighted by molar-refractivity contribution is 5.71. The molecule has 0 saturated heterocycles. The maximum atomic E-state index is 12.7. The second kappa shape index (κ2) is 55.9. The Hall–Kier alpha value is -3.67. The summed E-state index contributed by atoms with van der Waals surface area (Å²) in [5.41, 5.74) is 0. The number of hydrogen-bond acceptors (Lipinski definition) is 6. The van der Waals surface area contributed by atoms with Crippen molar-refractivity contribution in [1.29, 1.82) is 0 Å². The molecule has 0 amide bonds. The fourth-order valence-corrected chi connectivity index (χ4v) is 7.58. The molecular weight excluding hydrogens is 841 g/mol. The number of unbranched alkanes of at least 4 members (excludes halogenated alkanes) is 23. The molecule has 68 heavy (non-hydrogen) atoms. The van der Waals surface area contributed by atoms with Gasteiger partial charge in [0.05, 0.1) is 0 Å². The minimum absolute atomic E-state index is 0.110. The third-order valence-electron chi connectivity index (χ3n) is 11.8. The van der Waals surface area contributed by atoms with Crippen LogP contribution in [0.3, 0.4) is 0 Å². The van der Waals surface area contributed by atoms with Crippen molar-refractivity contribution in [3.8, 4) is 0 Å². The summed E-state index contributed by atoms with van der Waals surface area (Å²) in [5, 5.41) is 0. The summed E-state index contributed by atoms with van der Waals surface area (Å²) in [6.45, 7) is 6.38. The first-order valence-electron chi connectivity index (χ1n) is 28.2. The van der Waals surface area contributed by atoms with Crippen LogP contribution >= 0.6 is 0 Å². The highest BCUT2D eigenvalue weighted by Crippen LogP contribution is 2.15. The van der Waals surface area contributed by atoms with Gasteiger partial charge < -0.3 is 14.2 Å². The second-order valence-electron chi connectivity index (χ2n) is 18.5. The first-order valence-corrected chi connectivity index (χ1v) is 28.2. The van der Waals surface area contributed by atoms with Crippen molar-refractivity contribution >= 4 is 17.9 Å². The van der Waals surface area contributed by atoms with Crippen LogP contribution < -0.4 is 0 Å². The van der Waals surface area contributed by atoms with Gasteiger partial charge in [-0.2, -0.15) is 0 Å². The van der Waals surface area contributed by atoms with Crippen molar-refractivity contribution < 1.29 is 28.6 Å². The zero-order chi connectivity index (χ0) is 49.3. The topological polar surface area (TPSA) is 78.9 Å². The molecule has 0 saturated carbocycles. The van der Waals surface area contributed by atoms with E-state index in [1.165, 1.54) is 116 Å². The molecule has 0 fully saturated rings. The predicted octanol–water partition coefficient (Wildman–Crippen LogP) is 18.9. The van der Waals surface area contributed by atoms with Crippen molar-refractivity contribution in [3.05, 3.63) is 97.2 Å². The molecule has 0 N–H and O–H groups in total. The molecular formula is C62H104O6. The number of carbonyl (C=O) groups is 3. The van der Waals surface area contributed by atoms with Gasteiger partial charge in [0.15, 0.2) is 6.10 Å². The van der Waals surface area contributed by atoms with Crippen molar-refractivity contribution in [2.24, 2.45) is 0 Å². The molecule has 0 aliphatic heterocycles. The Labute approximate surface area is 419 Å². The third-order valence-corrected chi connectivity index (χ3v) is 11.8. The summed E-state index contributed by atoms with van der Waals surface area (Å²) in [6, 6.07) is 0. The Balaban J connectivity index is 4.25. The van der Waals surface area contributed by atoms with Crippen LogP contribution in [0.25, 0.3) is 0 Å². The van der Waals surface area contributed by atoms with Crippen LogP contribution in [0.4, 0.5) is 0 Å². The molecule has 1 atom stereocenters. The standard InChI is InChI=1S/C62H104O6/c1-4-7-10-13-16-19-22-24-25-26-27-28-29-30-31-32-33-34-35-36-37-39-40-43-46-49-52-55-61(64)67-58-59(57-66-60(63)54-51-48-45-42-21-18-15-12-9-6-3)68-62(65)56-53-50-47-44-41-38-23-20-17-14-11-8-5-2/h8,11-12,15,17,20,22,24,26-27,29-30,38,41,47,50,59H,4-7,9-10,13-14,16,18-19,21,23,25,28,31-37,39-40,42-46,48-49,51-58H2,1-3H3/b11-8-,15-12-,20-17-,24-22-,27-26-,30-29-,41-38-,50-47-. The zero-order valence-corrected chi connectivity index (χ0v) is 44.3. The molecule has 0 aromatic rings. The van der Waals surface area contributed by atoms with Crippen molar-refractivity contribution in [2.45, 2.75) is 264 Å². The van der Waals surface area contributed by atoms with Crippen molar-refractivity contribution in [1.82, 2.24) is 0 Å². The van der Waals surface area contributed by atoms with Crippen molar-refractivity contribution in [2.75, 3.05) is 13.2 Å². The van der Waals surface area contributed by atoms with Gasteiger partial charge in [0.25, 0.3) is 0 Å². The average molecular weight is 946 g/mol. The molecule has 0 aromatic carbocycles. The monoisotopic (exact) mass is 945 g/mol. The van der Waals surface area contributed by atoms with Crippen LogP contribution in [0.1, 0.15) is 258 Å². The van der Waals surface area contributed by atoms with Gasteiger partial charge in [-0.1, -0.05) is 234 Å². The maximum absolute atomic E-state index is 12.7. The van der Waals surface area contributed by atoms with E-state index < -0.39 is 12.1 Å². The lowest BCUT2D eigenvalue weighted by Crippen LogP contribution is -2.30. The molecule has 0 rings (SSSR count). The lowest BCUT2D eigenvalue weighted by Gasteiger charge is -2.18. The zero-order valence-electron chi connectivity index (χ0n) is 44.3. The molecule has 388 valence electrons. The van der Waals surface area contributed by atoms with Crippen LogP contribution in [0, 0.1) is 0 Å². The van der Waals surface area contributed by atoms with Crippen LogP contribution in [-0.4, -0.2) is 37.2 Å². The van der Waals surface area contributed by atoms with Crippen LogP contribution in [0.15, 0.2) is 97.2 Å². The van der Waals surface area contributed by atoms with E-state index >= 15 is 0 Å². The Morgan fingerprint density at radius 3 is 1.03 bits per heavy atom. The molecule has 0 aromatic heterocycles. The number of hydrogen-bond donors (Lipinski definition) is 0. The minimum Gasteiger partial charge on any atom is -0.462 e. The number of rotatable bonds is 50. The van der Waals surface area contributed by atoms with Crippen LogP contribution in [0.5, 0.6) is 0 Å². The van der Waals surface area contributed by atoms with E-state index in [1.54, 1.807) is 0 Å². The average Bonchev–Trinajstić information content (AvgIpc) is 3.34. The van der Waals surface area contributed by atoms with E-state index in [1.807, 2.05) is 12.2 Å². The summed E-state index contributed by atoms with van der Waals surface area (Å²) in [7, 11) is 0. The Kier molecular flexibility index (Phi) is 52.9. The minimum atomic E-state index is -0.819. The first-order chi connectivity index (χ1) is 33.5. The molecule has 0 spiro atoms. The number of ether oxygens (including phenoxy) is 3. The van der Waals surface area contributed by atoms with Gasteiger partial charge in [0.1, 0.15) is 13.2 Å². The first kappa shape index (κ1) is 64.3. The maximum Gasteiger partial charge on any atom is 0.306 e. The highest BCUT2D eigenvalue weighted by atomic mass is 16.6. The summed E-state index contributed by atoms with van der Waals surface area (Å²) < 4.78 is 16.7. The van der Waals surface area contributed by atoms with Gasteiger partial charge in [0, 0.05) is 19.3 Å². The molecule has 0 radical (unpaired) electrons. The fourth-order valence-electron chi connectivity index (χ4n) is 7.58. The number of allylic oxidation sites excluding steroid dienone is 16. The van der Waals surface area contributed by atoms with Crippen LogP contribution in [0.2, 0.25) is 0 Å². The molecule has 6 nitrogen and oxygen atoms in total. The van der Waals surface area contributed by atoms with Gasteiger partial charge in [-0.05, 0) is 103 Å². The van der Waals surface area contributed by atoms with Gasteiger partial charge in [-0.3, -0.25) is 14.4 Å². The third kappa shape index (κ3) is 53.3. The fraction of sp³-hybridized carbons (Fsp3) is 0.694. The summed E-state index contributed by atoms with van der Waals surface area (Å²) in [5.74, 6) is -1.01. The van der Waals surface area contributed by atoms with Crippen molar-refractivity contribution in [3.63, 3.8) is 0 Å². The van der Waals surface area contributed by atoms with Gasteiger partial charge in [-0.25, -0.2) is 0 Å². The lowest BCUT2D eigenvalue weighted by atomic mass is 10.0. The smallest absolute Gasteiger partial charge is 0.306 e. The largest absolute Gasteiger partial charge is 0.462 e. The predicted molar refractivity (Wildman–Crippen MR) is 293 cm³/mol. The summed E-state index contributed by atoms with van der Waals surface area (Å²) >= 11 is 0. The Morgan fingerprint density at radius 2 is 0.632 bits per heavy atom. The molecule has 0 bridgehead atoms. The number of esters is 3. The van der Waals surface area contributed by atoms with E-state index in [-0.39, 0.29) is 31.6 Å². The Morgan fingerprint density at radius 1 is 0.309 bits per heavy atom. The molecule has 0 aliphatic carbocycles. The van der Waals surface area contributed by atoms with E-state index in [0.29, 0.717) is 19.3 Å². The number of carbonyl (C=O) groups excluding carboxylic acids is 3. The quantitative estimate of drug-likeness (QED) is 0.0262. The summed E-state index contributed by atoms with van der Waals surface area (Å²) in [6.07, 6.45) is 74.3. The Bertz CT molecular complexity index is 1360. The van der Waals surface area contributed by atoms with E-state index in [2.05, 4.69) is 106 Å². The van der Waals surface area contributed by atoms with Gasteiger partial charge in [-0.15, -0.1) is 0 Å². The van der Waals surface area contributed by atoms with E-state index in [9.17, 15) is 14.4 Å². The lowest BCUT2D eigenvalue weighted by molar-refractivity contribution is -0.166. The van der Waals surface area contributed by atoms with E-state index in [0.717, 1.165) is 96.3 Å². The van der Waals surface area contributed by atoms with Gasteiger partial charge in [0.2, 0.25) is 0 Å².